The number of carbonyl (C=O) groups excluding carboxylic acids is 1. The van der Waals surface area contributed by atoms with Crippen LogP contribution in [0.25, 0.3) is 0 Å². The van der Waals surface area contributed by atoms with E-state index in [-0.39, 0.29) is 28.3 Å². The molecule has 5 nitrogen and oxygen atoms in total. The Balaban J connectivity index is 2.27. The highest BCUT2D eigenvalue weighted by Crippen LogP contribution is 2.24. The maximum Gasteiger partial charge on any atom is 0.272 e. The van der Waals surface area contributed by atoms with Gasteiger partial charge in [-0.3, -0.25) is 14.9 Å². The van der Waals surface area contributed by atoms with Crippen LogP contribution in [0, 0.1) is 15.9 Å². The zero-order valence-electron chi connectivity index (χ0n) is 10.5. The largest absolute Gasteiger partial charge is 0.507 e. The lowest BCUT2D eigenvalue weighted by Crippen LogP contribution is -2.06. The van der Waals surface area contributed by atoms with Crippen molar-refractivity contribution >= 4 is 23.1 Å². The minimum absolute atomic E-state index is 0.00461. The van der Waals surface area contributed by atoms with Crippen LogP contribution in [0.3, 0.4) is 0 Å². The average Bonchev–Trinajstić information content (AvgIpc) is 2.43. The number of nitro groups is 1. The molecule has 0 fully saturated rings. The molecule has 0 aromatic heterocycles. The van der Waals surface area contributed by atoms with Crippen LogP contribution in [0.1, 0.15) is 15.9 Å². The number of carbonyl (C=O) groups is 1. The van der Waals surface area contributed by atoms with Crippen molar-refractivity contribution in [1.82, 2.24) is 0 Å². The Labute approximate surface area is 123 Å². The third-order valence-corrected chi connectivity index (χ3v) is 3.09. The van der Waals surface area contributed by atoms with E-state index in [0.29, 0.717) is 0 Å². The van der Waals surface area contributed by atoms with E-state index < -0.39 is 22.2 Å². The molecule has 0 bridgehead atoms. The van der Waals surface area contributed by atoms with Crippen molar-refractivity contribution in [2.45, 2.75) is 6.42 Å². The summed E-state index contributed by atoms with van der Waals surface area (Å²) in [7, 11) is 0. The van der Waals surface area contributed by atoms with E-state index >= 15 is 0 Å². The molecule has 0 aliphatic heterocycles. The van der Waals surface area contributed by atoms with Crippen LogP contribution in [0.4, 0.5) is 10.1 Å². The first-order valence-electron chi connectivity index (χ1n) is 5.83. The fourth-order valence-electron chi connectivity index (χ4n) is 1.79. The minimum Gasteiger partial charge on any atom is -0.507 e. The fourth-order valence-corrected chi connectivity index (χ4v) is 1.97. The van der Waals surface area contributed by atoms with Crippen LogP contribution in [0.2, 0.25) is 5.02 Å². The minimum atomic E-state index is -0.848. The summed E-state index contributed by atoms with van der Waals surface area (Å²) in [6.45, 7) is 0. The van der Waals surface area contributed by atoms with Crippen LogP contribution in [-0.4, -0.2) is 15.8 Å². The third-order valence-electron chi connectivity index (χ3n) is 2.86. The van der Waals surface area contributed by atoms with E-state index in [1.54, 1.807) is 0 Å². The highest BCUT2D eigenvalue weighted by molar-refractivity contribution is 6.31. The molecule has 0 saturated carbocycles. The molecule has 2 rings (SSSR count). The van der Waals surface area contributed by atoms with Gasteiger partial charge in [-0.1, -0.05) is 11.6 Å². The Hall–Kier alpha value is -2.47. The van der Waals surface area contributed by atoms with E-state index in [4.69, 9.17) is 11.6 Å². The summed E-state index contributed by atoms with van der Waals surface area (Å²) in [4.78, 5) is 21.8. The van der Waals surface area contributed by atoms with Crippen molar-refractivity contribution < 1.29 is 19.2 Å². The molecule has 0 aliphatic rings. The van der Waals surface area contributed by atoms with Crippen molar-refractivity contribution in [3.63, 3.8) is 0 Å². The van der Waals surface area contributed by atoms with Crippen molar-refractivity contribution in [2.24, 2.45) is 0 Å². The summed E-state index contributed by atoms with van der Waals surface area (Å²) in [6, 6.07) is 7.00. The second kappa shape index (κ2) is 5.88. The normalized spacial score (nSPS) is 10.4. The number of halogens is 2. The number of benzene rings is 2. The molecule has 2 aromatic carbocycles. The van der Waals surface area contributed by atoms with E-state index in [0.717, 1.165) is 12.1 Å². The van der Waals surface area contributed by atoms with Crippen molar-refractivity contribution in [3.05, 3.63) is 68.5 Å². The third kappa shape index (κ3) is 3.35. The predicted molar refractivity (Wildman–Crippen MR) is 74.2 cm³/mol. The van der Waals surface area contributed by atoms with E-state index in [9.17, 15) is 24.4 Å². The van der Waals surface area contributed by atoms with Crippen molar-refractivity contribution in [3.8, 4) is 5.75 Å². The molecule has 0 spiro atoms. The first kappa shape index (κ1) is 14.9. The van der Waals surface area contributed by atoms with Gasteiger partial charge in [-0.05, 0) is 29.8 Å². The molecule has 0 aliphatic carbocycles. The Morgan fingerprint density at radius 2 is 2.00 bits per heavy atom. The summed E-state index contributed by atoms with van der Waals surface area (Å²) in [5.41, 5.74) is -0.417. The van der Waals surface area contributed by atoms with Gasteiger partial charge in [0, 0.05) is 17.5 Å². The molecule has 21 heavy (non-hydrogen) atoms. The first-order valence-corrected chi connectivity index (χ1v) is 6.21. The summed E-state index contributed by atoms with van der Waals surface area (Å²) in [5, 5.41) is 20.4. The summed E-state index contributed by atoms with van der Waals surface area (Å²) in [5.74, 6) is -1.64. The van der Waals surface area contributed by atoms with Crippen LogP contribution >= 0.6 is 11.6 Å². The Kier molecular flexibility index (Phi) is 4.18. The number of aromatic hydroxyl groups is 1. The number of hydrogen-bond donors (Lipinski definition) is 1. The molecule has 0 saturated heterocycles. The maximum atomic E-state index is 13.7. The molecule has 7 heteroatoms. The first-order chi connectivity index (χ1) is 9.88. The number of non-ortho nitro benzene ring substituents is 1. The number of hydrogen-bond acceptors (Lipinski definition) is 4. The Bertz CT molecular complexity index is 733. The fraction of sp³-hybridized carbons (Fsp3) is 0.0714. The van der Waals surface area contributed by atoms with Gasteiger partial charge >= 0.3 is 0 Å². The number of phenolic OH excluding ortho intramolecular Hbond substituents is 1. The lowest BCUT2D eigenvalue weighted by atomic mass is 10.0. The van der Waals surface area contributed by atoms with Gasteiger partial charge in [0.25, 0.3) is 5.69 Å². The monoisotopic (exact) mass is 309 g/mol. The van der Waals surface area contributed by atoms with Gasteiger partial charge in [-0.15, -0.1) is 0 Å². The quantitative estimate of drug-likeness (QED) is 0.532. The number of nitro benzene ring substituents is 1. The Morgan fingerprint density at radius 1 is 1.29 bits per heavy atom. The second-order valence-corrected chi connectivity index (χ2v) is 4.73. The Morgan fingerprint density at radius 3 is 2.62 bits per heavy atom. The smallest absolute Gasteiger partial charge is 0.272 e. The molecular weight excluding hydrogens is 301 g/mol. The van der Waals surface area contributed by atoms with Crippen LogP contribution in [0.15, 0.2) is 36.4 Å². The summed E-state index contributed by atoms with van der Waals surface area (Å²) in [6.07, 6.45) is -0.336. The van der Waals surface area contributed by atoms with Gasteiger partial charge < -0.3 is 5.11 Å². The second-order valence-electron chi connectivity index (χ2n) is 4.29. The number of Topliss-reactive ketones (excluding diaryl/α,β-unsaturated/α-hetero) is 1. The van der Waals surface area contributed by atoms with Gasteiger partial charge in [0.05, 0.1) is 16.6 Å². The molecule has 0 heterocycles. The van der Waals surface area contributed by atoms with Gasteiger partial charge in [0.1, 0.15) is 11.6 Å². The van der Waals surface area contributed by atoms with Crippen LogP contribution in [0.5, 0.6) is 5.75 Å². The van der Waals surface area contributed by atoms with Crippen molar-refractivity contribution in [2.75, 3.05) is 0 Å². The molecule has 2 aromatic rings. The van der Waals surface area contributed by atoms with Gasteiger partial charge in [0.15, 0.2) is 5.78 Å². The zero-order chi connectivity index (χ0) is 15.6. The van der Waals surface area contributed by atoms with Gasteiger partial charge in [-0.2, -0.15) is 0 Å². The lowest BCUT2D eigenvalue weighted by molar-refractivity contribution is -0.385. The maximum absolute atomic E-state index is 13.7. The number of ketones is 1. The molecule has 0 unspecified atom stereocenters. The molecule has 0 radical (unpaired) electrons. The molecular formula is C14H9ClFNO4. The highest BCUT2D eigenvalue weighted by Gasteiger charge is 2.17. The lowest BCUT2D eigenvalue weighted by Gasteiger charge is -2.05. The molecule has 108 valence electrons. The van der Waals surface area contributed by atoms with Gasteiger partial charge in [0.2, 0.25) is 0 Å². The van der Waals surface area contributed by atoms with Crippen LogP contribution in [-0.2, 0) is 6.42 Å². The zero-order valence-corrected chi connectivity index (χ0v) is 11.3. The number of phenols is 1. The number of rotatable bonds is 4. The van der Waals surface area contributed by atoms with Crippen molar-refractivity contribution in [1.29, 1.82) is 0 Å². The van der Waals surface area contributed by atoms with E-state index in [1.807, 2.05) is 0 Å². The highest BCUT2D eigenvalue weighted by atomic mass is 35.5. The number of nitrogens with zero attached hydrogens (tertiary/aromatic N) is 1. The average molecular weight is 310 g/mol. The predicted octanol–water partition coefficient (Wildman–Crippen LogP) is 3.52. The standard InChI is InChI=1S/C14H9ClFNO4/c15-9-2-4-13(18)11(6-9)14(19)5-8-1-3-10(17(20)21)7-12(8)16/h1-4,6-7,18H,5H2. The van der Waals surface area contributed by atoms with E-state index in [2.05, 4.69) is 0 Å². The molecule has 0 amide bonds. The molecule has 1 N–H and O–H groups in total. The van der Waals surface area contributed by atoms with E-state index in [1.165, 1.54) is 24.3 Å². The summed E-state index contributed by atoms with van der Waals surface area (Å²) < 4.78 is 13.7. The van der Waals surface area contributed by atoms with Crippen LogP contribution < -0.4 is 0 Å². The topological polar surface area (TPSA) is 80.4 Å². The van der Waals surface area contributed by atoms with Gasteiger partial charge in [-0.25, -0.2) is 4.39 Å². The SMILES string of the molecule is O=C(Cc1ccc([N+](=O)[O-])cc1F)c1cc(Cl)ccc1O. The summed E-state index contributed by atoms with van der Waals surface area (Å²) >= 11 is 5.74. The molecule has 0 atom stereocenters.